The molecule has 0 radical (unpaired) electrons. The quantitative estimate of drug-likeness (QED) is 0.628. The van der Waals surface area contributed by atoms with E-state index < -0.39 is 6.03 Å². The van der Waals surface area contributed by atoms with Gasteiger partial charge in [0.05, 0.1) is 18.1 Å². The third-order valence-electron chi connectivity index (χ3n) is 2.12. The number of hydrogen-bond acceptors (Lipinski definition) is 5. The fraction of sp³-hybridized carbons (Fsp3) is 0. The molecule has 1 aromatic heterocycles. The number of nitrogens with two attached hydrogens (primary N) is 1. The Morgan fingerprint density at radius 3 is 2.74 bits per heavy atom. The van der Waals surface area contributed by atoms with E-state index in [-0.39, 0.29) is 23.1 Å². The van der Waals surface area contributed by atoms with Crippen LogP contribution in [0.15, 0.2) is 30.6 Å². The molecule has 0 saturated carbocycles. The SMILES string of the molecule is Nc1cnc(NC(=O)Nc2cc(Cl)ccc2O)cn1. The Bertz CT molecular complexity index is 603. The van der Waals surface area contributed by atoms with E-state index in [2.05, 4.69) is 20.6 Å². The van der Waals surface area contributed by atoms with Crippen LogP contribution in [0.2, 0.25) is 5.02 Å². The van der Waals surface area contributed by atoms with Gasteiger partial charge in [-0.05, 0) is 18.2 Å². The number of rotatable bonds is 2. The predicted octanol–water partition coefficient (Wildman–Crippen LogP) is 2.06. The van der Waals surface area contributed by atoms with Crippen LogP contribution in [-0.2, 0) is 0 Å². The largest absolute Gasteiger partial charge is 0.506 e. The van der Waals surface area contributed by atoms with Crippen molar-refractivity contribution in [3.63, 3.8) is 0 Å². The average Bonchev–Trinajstić information content (AvgIpc) is 2.37. The molecule has 0 aliphatic carbocycles. The Morgan fingerprint density at radius 1 is 1.26 bits per heavy atom. The van der Waals surface area contributed by atoms with Crippen LogP contribution < -0.4 is 16.4 Å². The molecule has 2 rings (SSSR count). The molecule has 2 aromatic rings. The first-order valence-electron chi connectivity index (χ1n) is 5.18. The van der Waals surface area contributed by atoms with Crippen LogP contribution in [0.3, 0.4) is 0 Å². The molecule has 0 fully saturated rings. The van der Waals surface area contributed by atoms with Gasteiger partial charge in [-0.3, -0.25) is 5.32 Å². The smallest absolute Gasteiger partial charge is 0.325 e. The molecule has 0 aliphatic heterocycles. The lowest BCUT2D eigenvalue weighted by atomic mass is 10.3. The normalized spacial score (nSPS) is 9.95. The van der Waals surface area contributed by atoms with Crippen LogP contribution in [-0.4, -0.2) is 21.1 Å². The molecule has 1 aromatic carbocycles. The minimum Gasteiger partial charge on any atom is -0.506 e. The Kier molecular flexibility index (Phi) is 3.67. The van der Waals surface area contributed by atoms with Crippen LogP contribution in [0.1, 0.15) is 0 Å². The predicted molar refractivity (Wildman–Crippen MR) is 72.2 cm³/mol. The number of benzene rings is 1. The molecule has 0 aliphatic rings. The zero-order valence-corrected chi connectivity index (χ0v) is 10.3. The number of nitrogen functional groups attached to an aromatic ring is 1. The van der Waals surface area contributed by atoms with Crippen molar-refractivity contribution in [1.82, 2.24) is 9.97 Å². The van der Waals surface area contributed by atoms with Gasteiger partial charge in [0, 0.05) is 5.02 Å². The molecule has 5 N–H and O–H groups in total. The Morgan fingerprint density at radius 2 is 2.05 bits per heavy atom. The number of anilines is 3. The lowest BCUT2D eigenvalue weighted by Gasteiger charge is -2.08. The Hall–Kier alpha value is -2.54. The van der Waals surface area contributed by atoms with E-state index in [0.29, 0.717) is 5.02 Å². The second kappa shape index (κ2) is 5.40. The van der Waals surface area contributed by atoms with Crippen molar-refractivity contribution < 1.29 is 9.90 Å². The van der Waals surface area contributed by atoms with Gasteiger partial charge in [-0.2, -0.15) is 0 Å². The van der Waals surface area contributed by atoms with Crippen LogP contribution >= 0.6 is 11.6 Å². The van der Waals surface area contributed by atoms with E-state index in [1.54, 1.807) is 0 Å². The van der Waals surface area contributed by atoms with Gasteiger partial charge in [0.1, 0.15) is 11.6 Å². The average molecular weight is 280 g/mol. The topological polar surface area (TPSA) is 113 Å². The molecule has 0 saturated heterocycles. The molecule has 0 unspecified atom stereocenters. The van der Waals surface area contributed by atoms with Gasteiger partial charge in [0.15, 0.2) is 5.82 Å². The second-order valence-corrected chi connectivity index (χ2v) is 4.00. The first kappa shape index (κ1) is 12.9. The minimum absolute atomic E-state index is 0.0945. The summed E-state index contributed by atoms with van der Waals surface area (Å²) in [6, 6.07) is 3.72. The van der Waals surface area contributed by atoms with Gasteiger partial charge >= 0.3 is 6.03 Å². The number of halogens is 1. The summed E-state index contributed by atoms with van der Waals surface area (Å²) in [6.07, 6.45) is 2.62. The number of nitrogens with zero attached hydrogens (tertiary/aromatic N) is 2. The van der Waals surface area contributed by atoms with Crippen LogP contribution in [0.4, 0.5) is 22.1 Å². The highest BCUT2D eigenvalue weighted by Gasteiger charge is 2.07. The van der Waals surface area contributed by atoms with Gasteiger partial charge < -0.3 is 16.2 Å². The number of hydrogen-bond donors (Lipinski definition) is 4. The summed E-state index contributed by atoms with van der Waals surface area (Å²) >= 11 is 5.76. The van der Waals surface area contributed by atoms with E-state index in [0.717, 1.165) is 0 Å². The van der Waals surface area contributed by atoms with Crippen molar-refractivity contribution in [1.29, 1.82) is 0 Å². The summed E-state index contributed by atoms with van der Waals surface area (Å²) in [4.78, 5) is 19.3. The Labute approximate surface area is 113 Å². The summed E-state index contributed by atoms with van der Waals surface area (Å²) in [5.74, 6) is 0.384. The highest BCUT2D eigenvalue weighted by Crippen LogP contribution is 2.26. The summed E-state index contributed by atoms with van der Waals surface area (Å²) in [5.41, 5.74) is 5.56. The van der Waals surface area contributed by atoms with Crippen molar-refractivity contribution in [2.24, 2.45) is 0 Å². The maximum Gasteiger partial charge on any atom is 0.325 e. The van der Waals surface area contributed by atoms with Crippen LogP contribution in [0, 0.1) is 0 Å². The third-order valence-corrected chi connectivity index (χ3v) is 2.36. The number of phenols is 1. The molecular formula is C11H10ClN5O2. The highest BCUT2D eigenvalue weighted by molar-refractivity contribution is 6.31. The number of amides is 2. The van der Waals surface area contributed by atoms with Gasteiger partial charge in [-0.25, -0.2) is 14.8 Å². The van der Waals surface area contributed by atoms with Gasteiger partial charge in [-0.1, -0.05) is 11.6 Å². The fourth-order valence-corrected chi connectivity index (χ4v) is 1.45. The zero-order valence-electron chi connectivity index (χ0n) is 9.59. The molecule has 0 atom stereocenters. The first-order valence-corrected chi connectivity index (χ1v) is 5.56. The molecule has 8 heteroatoms. The number of carbonyl (C=O) groups is 1. The van der Waals surface area contributed by atoms with Gasteiger partial charge in [0.2, 0.25) is 0 Å². The molecule has 0 spiro atoms. The van der Waals surface area contributed by atoms with Crippen molar-refractivity contribution in [3.05, 3.63) is 35.6 Å². The van der Waals surface area contributed by atoms with E-state index in [9.17, 15) is 9.90 Å². The molecule has 7 nitrogen and oxygen atoms in total. The van der Waals surface area contributed by atoms with Crippen LogP contribution in [0.5, 0.6) is 5.75 Å². The van der Waals surface area contributed by atoms with Crippen LogP contribution in [0.25, 0.3) is 0 Å². The number of nitrogens with one attached hydrogen (secondary N) is 2. The molecule has 2 amide bonds. The fourth-order valence-electron chi connectivity index (χ4n) is 1.28. The Balaban J connectivity index is 2.05. The zero-order chi connectivity index (χ0) is 13.8. The lowest BCUT2D eigenvalue weighted by molar-refractivity contribution is 0.262. The monoisotopic (exact) mass is 279 g/mol. The summed E-state index contributed by atoms with van der Waals surface area (Å²) < 4.78 is 0. The lowest BCUT2D eigenvalue weighted by Crippen LogP contribution is -2.20. The molecule has 19 heavy (non-hydrogen) atoms. The molecule has 0 bridgehead atoms. The van der Waals surface area contributed by atoms with E-state index in [1.165, 1.54) is 30.6 Å². The summed E-state index contributed by atoms with van der Waals surface area (Å²) in [5, 5.41) is 14.8. The molecule has 1 heterocycles. The van der Waals surface area contributed by atoms with Gasteiger partial charge in [-0.15, -0.1) is 0 Å². The molecule has 98 valence electrons. The second-order valence-electron chi connectivity index (χ2n) is 3.57. The summed E-state index contributed by atoms with van der Waals surface area (Å²) in [6.45, 7) is 0. The van der Waals surface area contributed by atoms with Crippen molar-refractivity contribution in [2.75, 3.05) is 16.4 Å². The van der Waals surface area contributed by atoms with Crippen molar-refractivity contribution in [2.45, 2.75) is 0 Å². The number of phenolic OH excluding ortho intramolecular Hbond substituents is 1. The standard InChI is InChI=1S/C11H10ClN5O2/c12-6-1-2-8(18)7(3-6)16-11(19)17-10-5-14-9(13)4-15-10/h1-5,18H,(H2,13,14)(H2,15,16,17,19). The van der Waals surface area contributed by atoms with Crippen molar-refractivity contribution >= 4 is 35.0 Å². The number of aromatic hydroxyl groups is 1. The number of aromatic nitrogens is 2. The van der Waals surface area contributed by atoms with Gasteiger partial charge in [0.25, 0.3) is 0 Å². The number of carbonyl (C=O) groups excluding carboxylic acids is 1. The van der Waals surface area contributed by atoms with E-state index in [1.807, 2.05) is 0 Å². The maximum atomic E-state index is 11.7. The first-order chi connectivity index (χ1) is 9.04. The molecular weight excluding hydrogens is 270 g/mol. The van der Waals surface area contributed by atoms with E-state index in [4.69, 9.17) is 17.3 Å². The maximum absolute atomic E-state index is 11.7. The summed E-state index contributed by atoms with van der Waals surface area (Å²) in [7, 11) is 0. The van der Waals surface area contributed by atoms with E-state index >= 15 is 0 Å². The number of urea groups is 1. The third kappa shape index (κ3) is 3.46. The minimum atomic E-state index is -0.586. The van der Waals surface area contributed by atoms with Crippen molar-refractivity contribution in [3.8, 4) is 5.75 Å². The highest BCUT2D eigenvalue weighted by atomic mass is 35.5.